The first-order chi connectivity index (χ1) is 6.66. The van der Waals surface area contributed by atoms with Crippen LogP contribution in [0.3, 0.4) is 0 Å². The van der Waals surface area contributed by atoms with Gasteiger partial charge in [0, 0.05) is 13.0 Å². The van der Waals surface area contributed by atoms with Crippen LogP contribution in [0.2, 0.25) is 0 Å². The van der Waals surface area contributed by atoms with Crippen molar-refractivity contribution < 1.29 is 14.6 Å². The van der Waals surface area contributed by atoms with Gasteiger partial charge in [0.15, 0.2) is 0 Å². The molecule has 84 valence electrons. The van der Waals surface area contributed by atoms with E-state index in [9.17, 15) is 4.79 Å². The molecule has 0 aliphatic carbocycles. The molecule has 3 heteroatoms. The molecule has 1 atom stereocenters. The fourth-order valence-corrected chi connectivity index (χ4v) is 1.22. The molecule has 0 spiro atoms. The first-order valence-electron chi connectivity index (χ1n) is 5.50. The number of carbonyl (C=O) groups is 1. The minimum Gasteiger partial charge on any atom is -0.481 e. The highest BCUT2D eigenvalue weighted by Crippen LogP contribution is 2.07. The van der Waals surface area contributed by atoms with Crippen molar-refractivity contribution in [3.63, 3.8) is 0 Å². The van der Waals surface area contributed by atoms with Crippen molar-refractivity contribution in [1.29, 1.82) is 0 Å². The van der Waals surface area contributed by atoms with Crippen LogP contribution in [0.4, 0.5) is 0 Å². The molecular formula is C11H22O3. The molecule has 0 aliphatic rings. The maximum absolute atomic E-state index is 10.2. The monoisotopic (exact) mass is 202 g/mol. The highest BCUT2D eigenvalue weighted by atomic mass is 16.5. The van der Waals surface area contributed by atoms with E-state index in [4.69, 9.17) is 9.84 Å². The van der Waals surface area contributed by atoms with Gasteiger partial charge in [0.05, 0.1) is 6.10 Å². The molecule has 0 radical (unpaired) electrons. The van der Waals surface area contributed by atoms with Crippen LogP contribution in [0.25, 0.3) is 0 Å². The molecule has 14 heavy (non-hydrogen) atoms. The van der Waals surface area contributed by atoms with Gasteiger partial charge in [-0.25, -0.2) is 0 Å². The molecule has 0 bridgehead atoms. The van der Waals surface area contributed by atoms with Crippen LogP contribution in [-0.2, 0) is 9.53 Å². The molecule has 1 N–H and O–H groups in total. The number of hydrogen-bond acceptors (Lipinski definition) is 2. The van der Waals surface area contributed by atoms with Gasteiger partial charge in [-0.3, -0.25) is 4.79 Å². The van der Waals surface area contributed by atoms with Gasteiger partial charge in [-0.05, 0) is 26.2 Å². The number of carboxylic acids is 1. The number of aliphatic carboxylic acids is 1. The van der Waals surface area contributed by atoms with E-state index < -0.39 is 5.97 Å². The zero-order chi connectivity index (χ0) is 10.8. The van der Waals surface area contributed by atoms with E-state index in [2.05, 4.69) is 13.8 Å². The summed E-state index contributed by atoms with van der Waals surface area (Å²) in [6.07, 6.45) is 5.50. The van der Waals surface area contributed by atoms with Crippen molar-refractivity contribution in [3.05, 3.63) is 0 Å². The third-order valence-corrected chi connectivity index (χ3v) is 2.15. The Kier molecular flexibility index (Phi) is 8.64. The zero-order valence-corrected chi connectivity index (χ0v) is 9.29. The van der Waals surface area contributed by atoms with Gasteiger partial charge >= 0.3 is 5.97 Å². The summed E-state index contributed by atoms with van der Waals surface area (Å²) in [5, 5.41) is 8.42. The number of hydrogen-bond donors (Lipinski definition) is 1. The Labute approximate surface area is 86.5 Å². The summed E-state index contributed by atoms with van der Waals surface area (Å²) in [6.45, 7) is 5.02. The van der Waals surface area contributed by atoms with Crippen LogP contribution < -0.4 is 0 Å². The van der Waals surface area contributed by atoms with Gasteiger partial charge in [0.2, 0.25) is 0 Å². The van der Waals surface area contributed by atoms with Gasteiger partial charge in [0.1, 0.15) is 0 Å². The molecule has 3 nitrogen and oxygen atoms in total. The van der Waals surface area contributed by atoms with E-state index in [0.29, 0.717) is 0 Å². The van der Waals surface area contributed by atoms with Gasteiger partial charge in [-0.1, -0.05) is 19.8 Å². The fraction of sp³-hybridized carbons (Fsp3) is 0.909. The molecule has 0 aliphatic heterocycles. The molecule has 0 saturated carbocycles. The quantitative estimate of drug-likeness (QED) is 0.585. The Hall–Kier alpha value is -0.570. The molecule has 0 heterocycles. The normalized spacial score (nSPS) is 12.7. The van der Waals surface area contributed by atoms with Gasteiger partial charge in [-0.2, -0.15) is 0 Å². The van der Waals surface area contributed by atoms with E-state index in [1.165, 1.54) is 0 Å². The second-order valence-electron chi connectivity index (χ2n) is 3.67. The van der Waals surface area contributed by atoms with Gasteiger partial charge < -0.3 is 9.84 Å². The first kappa shape index (κ1) is 13.4. The lowest BCUT2D eigenvalue weighted by molar-refractivity contribution is -0.137. The Balaban J connectivity index is 3.18. The predicted molar refractivity (Wildman–Crippen MR) is 56.4 cm³/mol. The molecule has 1 unspecified atom stereocenters. The molecule has 0 rings (SSSR count). The smallest absolute Gasteiger partial charge is 0.303 e. The van der Waals surface area contributed by atoms with E-state index in [1.54, 1.807) is 0 Å². The van der Waals surface area contributed by atoms with Gasteiger partial charge in [-0.15, -0.1) is 0 Å². The lowest BCUT2D eigenvalue weighted by Crippen LogP contribution is -2.09. The topological polar surface area (TPSA) is 46.5 Å². The van der Waals surface area contributed by atoms with Crippen molar-refractivity contribution >= 4 is 5.97 Å². The predicted octanol–water partition coefficient (Wildman–Crippen LogP) is 2.84. The Morgan fingerprint density at radius 3 is 2.64 bits per heavy atom. The van der Waals surface area contributed by atoms with Gasteiger partial charge in [0.25, 0.3) is 0 Å². The van der Waals surface area contributed by atoms with Crippen LogP contribution in [-0.4, -0.2) is 23.8 Å². The van der Waals surface area contributed by atoms with Crippen molar-refractivity contribution in [2.45, 2.75) is 58.5 Å². The average molecular weight is 202 g/mol. The van der Waals surface area contributed by atoms with E-state index in [1.807, 2.05) is 0 Å². The summed E-state index contributed by atoms with van der Waals surface area (Å²) >= 11 is 0. The summed E-state index contributed by atoms with van der Waals surface area (Å²) in [7, 11) is 0. The summed E-state index contributed by atoms with van der Waals surface area (Å²) in [5.74, 6) is -0.704. The SMILES string of the molecule is CCCCOC(C)CCCCC(=O)O. The second kappa shape index (κ2) is 9.00. The van der Waals surface area contributed by atoms with Crippen LogP contribution >= 0.6 is 0 Å². The highest BCUT2D eigenvalue weighted by Gasteiger charge is 2.02. The average Bonchev–Trinajstić information content (AvgIpc) is 2.13. The third-order valence-electron chi connectivity index (χ3n) is 2.15. The zero-order valence-electron chi connectivity index (χ0n) is 9.29. The Bertz CT molecular complexity index is 145. The van der Waals surface area contributed by atoms with Crippen molar-refractivity contribution in [2.24, 2.45) is 0 Å². The minimum absolute atomic E-state index is 0.273. The minimum atomic E-state index is -0.704. The summed E-state index contributed by atoms with van der Waals surface area (Å²) in [4.78, 5) is 10.2. The highest BCUT2D eigenvalue weighted by molar-refractivity contribution is 5.66. The molecule has 0 fully saturated rings. The maximum Gasteiger partial charge on any atom is 0.303 e. The summed E-state index contributed by atoms with van der Waals surface area (Å²) in [6, 6.07) is 0. The molecular weight excluding hydrogens is 180 g/mol. The summed E-state index contributed by atoms with van der Waals surface area (Å²) < 4.78 is 5.54. The van der Waals surface area contributed by atoms with E-state index in [-0.39, 0.29) is 12.5 Å². The molecule has 0 saturated heterocycles. The third kappa shape index (κ3) is 9.52. The fourth-order valence-electron chi connectivity index (χ4n) is 1.22. The molecule has 0 amide bonds. The lowest BCUT2D eigenvalue weighted by atomic mass is 10.1. The van der Waals surface area contributed by atoms with Crippen molar-refractivity contribution in [3.8, 4) is 0 Å². The molecule has 0 aromatic carbocycles. The number of unbranched alkanes of at least 4 members (excludes halogenated alkanes) is 2. The maximum atomic E-state index is 10.2. The Morgan fingerprint density at radius 2 is 2.07 bits per heavy atom. The van der Waals surface area contributed by atoms with E-state index >= 15 is 0 Å². The van der Waals surface area contributed by atoms with Crippen LogP contribution in [0.15, 0.2) is 0 Å². The Morgan fingerprint density at radius 1 is 1.36 bits per heavy atom. The number of carboxylic acid groups (broad SMARTS) is 1. The van der Waals surface area contributed by atoms with Crippen molar-refractivity contribution in [2.75, 3.05) is 6.61 Å². The van der Waals surface area contributed by atoms with Crippen LogP contribution in [0, 0.1) is 0 Å². The number of rotatable bonds is 9. The van der Waals surface area contributed by atoms with Crippen molar-refractivity contribution in [1.82, 2.24) is 0 Å². The number of ether oxygens (including phenoxy) is 1. The van der Waals surface area contributed by atoms with E-state index in [0.717, 1.165) is 38.7 Å². The second-order valence-corrected chi connectivity index (χ2v) is 3.67. The summed E-state index contributed by atoms with van der Waals surface area (Å²) in [5.41, 5.74) is 0. The van der Waals surface area contributed by atoms with Crippen LogP contribution in [0.1, 0.15) is 52.4 Å². The molecule has 0 aromatic heterocycles. The lowest BCUT2D eigenvalue weighted by Gasteiger charge is -2.11. The molecule has 0 aromatic rings. The first-order valence-corrected chi connectivity index (χ1v) is 5.50. The largest absolute Gasteiger partial charge is 0.481 e. The van der Waals surface area contributed by atoms with Crippen LogP contribution in [0.5, 0.6) is 0 Å². The standard InChI is InChI=1S/C11H22O3/c1-3-4-9-14-10(2)7-5-6-8-11(12)13/h10H,3-9H2,1-2H3,(H,12,13).